The summed E-state index contributed by atoms with van der Waals surface area (Å²) in [4.78, 5) is 8.34. The second kappa shape index (κ2) is 3.81. The number of amidine groups is 1. The van der Waals surface area contributed by atoms with Gasteiger partial charge in [0.2, 0.25) is 0 Å². The van der Waals surface area contributed by atoms with Gasteiger partial charge in [-0.05, 0) is 5.56 Å². The predicted molar refractivity (Wildman–Crippen MR) is 55.2 cm³/mol. The van der Waals surface area contributed by atoms with Crippen LogP contribution in [0.5, 0.6) is 0 Å². The van der Waals surface area contributed by atoms with Gasteiger partial charge in [-0.3, -0.25) is 0 Å². The summed E-state index contributed by atoms with van der Waals surface area (Å²) in [5.41, 5.74) is 1.11. The number of hydrogen-bond acceptors (Lipinski definition) is 2. The first-order chi connectivity index (χ1) is 6.45. The lowest BCUT2D eigenvalue weighted by molar-refractivity contribution is 1.45. The third-order valence-corrected chi connectivity index (χ3v) is 1.79. The molecule has 0 atom stereocenters. The quantitative estimate of drug-likeness (QED) is 0.578. The Bertz CT molecular complexity index is 361. The highest BCUT2D eigenvalue weighted by molar-refractivity contribution is 5.96. The summed E-state index contributed by atoms with van der Waals surface area (Å²) < 4.78 is 0. The van der Waals surface area contributed by atoms with E-state index in [1.165, 1.54) is 0 Å². The Morgan fingerprint density at radius 1 is 1.23 bits per heavy atom. The molecule has 2 nitrogen and oxygen atoms in total. The van der Waals surface area contributed by atoms with Gasteiger partial charge in [0.25, 0.3) is 0 Å². The van der Waals surface area contributed by atoms with Crippen LogP contribution in [0.3, 0.4) is 0 Å². The second-order valence-electron chi connectivity index (χ2n) is 2.80. The van der Waals surface area contributed by atoms with Crippen molar-refractivity contribution >= 4 is 12.1 Å². The number of nitrogens with zero attached hydrogens (tertiary/aromatic N) is 2. The zero-order chi connectivity index (χ0) is 8.93. The summed E-state index contributed by atoms with van der Waals surface area (Å²) >= 11 is 0. The van der Waals surface area contributed by atoms with Gasteiger partial charge in [0, 0.05) is 18.8 Å². The minimum Gasteiger partial charge on any atom is -0.241 e. The van der Waals surface area contributed by atoms with Crippen molar-refractivity contribution in [2.75, 3.05) is 0 Å². The topological polar surface area (TPSA) is 24.7 Å². The van der Waals surface area contributed by atoms with Gasteiger partial charge >= 0.3 is 0 Å². The molecule has 0 amide bonds. The molecular weight excluding hydrogens is 160 g/mol. The largest absolute Gasteiger partial charge is 0.241 e. The molecule has 13 heavy (non-hydrogen) atoms. The van der Waals surface area contributed by atoms with Crippen LogP contribution in [0.25, 0.3) is 0 Å². The van der Waals surface area contributed by atoms with E-state index in [1.54, 1.807) is 6.20 Å². The maximum atomic E-state index is 4.26. The Hall–Kier alpha value is -1.70. The summed E-state index contributed by atoms with van der Waals surface area (Å²) in [5, 5.41) is 0. The Morgan fingerprint density at radius 2 is 2.08 bits per heavy atom. The molecule has 0 aromatic heterocycles. The molecule has 0 saturated heterocycles. The fourth-order valence-corrected chi connectivity index (χ4v) is 1.12. The molecule has 0 aliphatic carbocycles. The molecule has 1 aliphatic heterocycles. The van der Waals surface area contributed by atoms with E-state index in [-0.39, 0.29) is 0 Å². The smallest absolute Gasteiger partial charge is 0.132 e. The fraction of sp³-hybridized carbons (Fsp3) is 0.0909. The maximum absolute atomic E-state index is 4.26. The van der Waals surface area contributed by atoms with Gasteiger partial charge in [-0.15, -0.1) is 0 Å². The zero-order valence-corrected chi connectivity index (χ0v) is 7.22. The van der Waals surface area contributed by atoms with Crippen LogP contribution >= 0.6 is 0 Å². The molecule has 0 radical (unpaired) electrons. The van der Waals surface area contributed by atoms with E-state index in [4.69, 9.17) is 0 Å². The van der Waals surface area contributed by atoms with Crippen LogP contribution in [0.1, 0.15) is 12.0 Å². The molecule has 0 spiro atoms. The van der Waals surface area contributed by atoms with E-state index in [2.05, 4.69) is 9.98 Å². The summed E-state index contributed by atoms with van der Waals surface area (Å²) in [6.07, 6.45) is 6.48. The van der Waals surface area contributed by atoms with Crippen LogP contribution in [-0.4, -0.2) is 12.1 Å². The molecule has 0 bridgehead atoms. The van der Waals surface area contributed by atoms with E-state index in [0.717, 1.165) is 17.8 Å². The molecule has 2 rings (SSSR count). The van der Waals surface area contributed by atoms with Gasteiger partial charge in [-0.1, -0.05) is 36.4 Å². The summed E-state index contributed by atoms with van der Waals surface area (Å²) in [6.45, 7) is 0. The molecule has 64 valence electrons. The van der Waals surface area contributed by atoms with Gasteiger partial charge in [0.05, 0.1) is 0 Å². The Morgan fingerprint density at radius 3 is 2.77 bits per heavy atom. The van der Waals surface area contributed by atoms with Gasteiger partial charge in [0.1, 0.15) is 5.84 Å². The van der Waals surface area contributed by atoms with E-state index < -0.39 is 0 Å². The third kappa shape index (κ3) is 2.12. The third-order valence-electron chi connectivity index (χ3n) is 1.79. The molecule has 0 unspecified atom stereocenters. The van der Waals surface area contributed by atoms with Crippen LogP contribution in [0.2, 0.25) is 0 Å². The maximum Gasteiger partial charge on any atom is 0.132 e. The highest BCUT2D eigenvalue weighted by Gasteiger charge is 1.95. The molecule has 2 heteroatoms. The van der Waals surface area contributed by atoms with Crippen molar-refractivity contribution in [3.63, 3.8) is 0 Å². The highest BCUT2D eigenvalue weighted by atomic mass is 14.9. The molecule has 1 aromatic rings. The second-order valence-corrected chi connectivity index (χ2v) is 2.80. The van der Waals surface area contributed by atoms with Crippen molar-refractivity contribution < 1.29 is 0 Å². The Balaban J connectivity index is 2.06. The molecule has 0 saturated carbocycles. The molecule has 0 fully saturated rings. The zero-order valence-electron chi connectivity index (χ0n) is 7.22. The first kappa shape index (κ1) is 7.92. The summed E-state index contributed by atoms with van der Waals surface area (Å²) in [6, 6.07) is 10.0. The van der Waals surface area contributed by atoms with Crippen LogP contribution in [0.4, 0.5) is 0 Å². The summed E-state index contributed by atoms with van der Waals surface area (Å²) in [5.74, 6) is 0.879. The van der Waals surface area contributed by atoms with Crippen molar-refractivity contribution in [3.8, 4) is 0 Å². The van der Waals surface area contributed by atoms with Crippen LogP contribution in [-0.2, 0) is 0 Å². The monoisotopic (exact) mass is 170 g/mol. The van der Waals surface area contributed by atoms with E-state index in [9.17, 15) is 0 Å². The van der Waals surface area contributed by atoms with Crippen LogP contribution in [0, 0.1) is 0 Å². The Labute approximate surface area is 77.4 Å². The van der Waals surface area contributed by atoms with Gasteiger partial charge in [-0.25, -0.2) is 9.98 Å². The number of aliphatic imine (C=N–C) groups is 2. The molecular formula is C11H10N2. The molecule has 0 N–H and O–H groups in total. The molecule has 1 aromatic carbocycles. The van der Waals surface area contributed by atoms with Crippen molar-refractivity contribution in [2.24, 2.45) is 9.98 Å². The van der Waals surface area contributed by atoms with Crippen molar-refractivity contribution in [2.45, 2.75) is 6.42 Å². The van der Waals surface area contributed by atoms with E-state index >= 15 is 0 Å². The molecule has 1 aliphatic rings. The minimum atomic E-state index is 0.851. The SMILES string of the molecule is C1=CN=C(N=Cc2ccccc2)C1. The predicted octanol–water partition coefficient (Wildman–Crippen LogP) is 2.42. The fourth-order valence-electron chi connectivity index (χ4n) is 1.12. The number of benzene rings is 1. The van der Waals surface area contributed by atoms with Crippen molar-refractivity contribution in [1.82, 2.24) is 0 Å². The van der Waals surface area contributed by atoms with Gasteiger partial charge in [-0.2, -0.15) is 0 Å². The first-order valence-electron chi connectivity index (χ1n) is 4.26. The number of hydrogen-bond donors (Lipinski definition) is 0. The van der Waals surface area contributed by atoms with Crippen LogP contribution in [0.15, 0.2) is 52.6 Å². The van der Waals surface area contributed by atoms with E-state index in [0.29, 0.717) is 0 Å². The lowest BCUT2D eigenvalue weighted by Crippen LogP contribution is -1.89. The average Bonchev–Trinajstić information content (AvgIpc) is 2.69. The lowest BCUT2D eigenvalue weighted by Gasteiger charge is -1.91. The van der Waals surface area contributed by atoms with E-state index in [1.807, 2.05) is 42.6 Å². The highest BCUT2D eigenvalue weighted by Crippen LogP contribution is 2.01. The lowest BCUT2D eigenvalue weighted by atomic mass is 10.2. The standard InChI is InChI=1S/C11H10N2/c1-2-5-10(6-3-1)9-13-11-7-4-8-12-11/h1-6,8-9H,7H2. The van der Waals surface area contributed by atoms with Crippen molar-refractivity contribution in [3.05, 3.63) is 48.2 Å². The van der Waals surface area contributed by atoms with Crippen LogP contribution < -0.4 is 0 Å². The normalized spacial score (nSPS) is 15.2. The summed E-state index contributed by atoms with van der Waals surface area (Å²) in [7, 11) is 0. The Kier molecular flexibility index (Phi) is 2.32. The minimum absolute atomic E-state index is 0.851. The van der Waals surface area contributed by atoms with Gasteiger partial charge in [0.15, 0.2) is 0 Å². The molecule has 1 heterocycles. The van der Waals surface area contributed by atoms with Gasteiger partial charge < -0.3 is 0 Å². The average molecular weight is 170 g/mol. The van der Waals surface area contributed by atoms with Crippen molar-refractivity contribution in [1.29, 1.82) is 0 Å². The first-order valence-corrected chi connectivity index (χ1v) is 4.26. The number of rotatable bonds is 1.